The Bertz CT molecular complexity index is 795. The third-order valence-corrected chi connectivity index (χ3v) is 5.04. The van der Waals surface area contributed by atoms with Crippen molar-refractivity contribution >= 4 is 11.9 Å². The van der Waals surface area contributed by atoms with Crippen molar-refractivity contribution in [2.45, 2.75) is 6.10 Å². The Balaban J connectivity index is 1.23. The van der Waals surface area contributed by atoms with Gasteiger partial charge in [-0.15, -0.1) is 0 Å². The molecule has 8 heteroatoms. The largest absolute Gasteiger partial charge is 0.486 e. The Morgan fingerprint density at radius 1 is 1.11 bits per heavy atom. The van der Waals surface area contributed by atoms with E-state index < -0.39 is 0 Å². The zero-order valence-corrected chi connectivity index (χ0v) is 16.0. The SMILES string of the molecule is CN(C[C@H]1COc2ccccc2O1)C(=O)CN1CCN(c2ncccn2)CC1. The average molecular weight is 383 g/mol. The fraction of sp³-hybridized carbons (Fsp3) is 0.450. The number of aromatic nitrogens is 2. The number of nitrogens with zero attached hydrogens (tertiary/aromatic N) is 5. The van der Waals surface area contributed by atoms with E-state index in [1.54, 1.807) is 17.3 Å². The van der Waals surface area contributed by atoms with E-state index in [-0.39, 0.29) is 12.0 Å². The molecule has 1 aromatic carbocycles. The van der Waals surface area contributed by atoms with E-state index in [1.165, 1.54) is 0 Å². The molecule has 1 saturated heterocycles. The van der Waals surface area contributed by atoms with E-state index in [0.29, 0.717) is 19.7 Å². The molecule has 8 nitrogen and oxygen atoms in total. The first kappa shape index (κ1) is 18.5. The zero-order chi connectivity index (χ0) is 19.3. The van der Waals surface area contributed by atoms with Crippen molar-refractivity contribution in [3.63, 3.8) is 0 Å². The Morgan fingerprint density at radius 2 is 1.82 bits per heavy atom. The van der Waals surface area contributed by atoms with Crippen LogP contribution >= 0.6 is 0 Å². The molecule has 0 aliphatic carbocycles. The van der Waals surface area contributed by atoms with Crippen molar-refractivity contribution < 1.29 is 14.3 Å². The van der Waals surface area contributed by atoms with Crippen molar-refractivity contribution in [3.8, 4) is 11.5 Å². The number of piperazine rings is 1. The summed E-state index contributed by atoms with van der Waals surface area (Å²) in [7, 11) is 1.82. The third kappa shape index (κ3) is 4.33. The minimum atomic E-state index is -0.157. The van der Waals surface area contributed by atoms with Gasteiger partial charge < -0.3 is 19.3 Å². The van der Waals surface area contributed by atoms with Crippen molar-refractivity contribution in [3.05, 3.63) is 42.7 Å². The van der Waals surface area contributed by atoms with Crippen LogP contribution in [0.2, 0.25) is 0 Å². The van der Waals surface area contributed by atoms with Gasteiger partial charge in [0, 0.05) is 45.6 Å². The van der Waals surface area contributed by atoms with E-state index in [2.05, 4.69) is 19.8 Å². The molecule has 2 aliphatic rings. The summed E-state index contributed by atoms with van der Waals surface area (Å²) in [6.07, 6.45) is 3.35. The van der Waals surface area contributed by atoms with Crippen LogP contribution in [0.1, 0.15) is 0 Å². The number of likely N-dealkylation sites (N-methyl/N-ethyl adjacent to an activating group) is 1. The van der Waals surface area contributed by atoms with Crippen LogP contribution in [0.5, 0.6) is 11.5 Å². The van der Waals surface area contributed by atoms with Gasteiger partial charge in [-0.05, 0) is 18.2 Å². The van der Waals surface area contributed by atoms with Crippen molar-refractivity contribution in [1.82, 2.24) is 19.8 Å². The molecular weight excluding hydrogens is 358 g/mol. The number of para-hydroxylation sites is 2. The molecule has 0 spiro atoms. The number of ether oxygens (including phenoxy) is 2. The first-order valence-electron chi connectivity index (χ1n) is 9.56. The van der Waals surface area contributed by atoms with Crippen LogP contribution < -0.4 is 14.4 Å². The lowest BCUT2D eigenvalue weighted by molar-refractivity contribution is -0.132. The molecule has 1 fully saturated rings. The van der Waals surface area contributed by atoms with Gasteiger partial charge in [-0.1, -0.05) is 12.1 Å². The highest BCUT2D eigenvalue weighted by molar-refractivity contribution is 5.78. The molecule has 0 unspecified atom stereocenters. The Morgan fingerprint density at radius 3 is 2.57 bits per heavy atom. The predicted molar refractivity (Wildman–Crippen MR) is 105 cm³/mol. The number of anilines is 1. The lowest BCUT2D eigenvalue weighted by atomic mass is 10.2. The minimum absolute atomic E-state index is 0.0897. The molecule has 0 radical (unpaired) electrons. The number of rotatable bonds is 5. The van der Waals surface area contributed by atoms with Gasteiger partial charge in [0.2, 0.25) is 11.9 Å². The number of amides is 1. The van der Waals surface area contributed by atoms with Gasteiger partial charge in [0.05, 0.1) is 13.1 Å². The normalized spacial score (nSPS) is 19.3. The molecule has 148 valence electrons. The number of hydrogen-bond acceptors (Lipinski definition) is 7. The lowest BCUT2D eigenvalue weighted by Crippen LogP contribution is -2.51. The molecule has 0 saturated carbocycles. The van der Waals surface area contributed by atoms with E-state index >= 15 is 0 Å². The molecule has 4 rings (SSSR count). The van der Waals surface area contributed by atoms with Crippen molar-refractivity contribution in [2.24, 2.45) is 0 Å². The average Bonchev–Trinajstić information content (AvgIpc) is 2.75. The standard InChI is InChI=1S/C20H25N5O3/c1-23(13-16-15-27-17-5-2-3-6-18(17)28-16)19(26)14-24-9-11-25(12-10-24)20-21-7-4-8-22-20/h2-8,16H,9-15H2,1H3/t16-/m0/s1. The molecule has 2 aliphatic heterocycles. The molecule has 28 heavy (non-hydrogen) atoms. The number of carbonyl (C=O) groups is 1. The number of fused-ring (bicyclic) bond motifs is 1. The van der Waals surface area contributed by atoms with Crippen molar-refractivity contribution in [1.29, 1.82) is 0 Å². The minimum Gasteiger partial charge on any atom is -0.486 e. The summed E-state index contributed by atoms with van der Waals surface area (Å²) in [4.78, 5) is 27.3. The summed E-state index contributed by atoms with van der Waals surface area (Å²) in [5.74, 6) is 2.33. The highest BCUT2D eigenvalue weighted by Gasteiger charge is 2.26. The Kier molecular flexibility index (Phi) is 5.57. The van der Waals surface area contributed by atoms with Crippen molar-refractivity contribution in [2.75, 3.05) is 57.8 Å². The van der Waals surface area contributed by atoms with Crippen LogP contribution in [0.4, 0.5) is 5.95 Å². The van der Waals surface area contributed by atoms with E-state index in [1.807, 2.05) is 37.4 Å². The Hall–Kier alpha value is -2.87. The molecule has 1 atom stereocenters. The summed E-state index contributed by atoms with van der Waals surface area (Å²) < 4.78 is 11.7. The summed E-state index contributed by atoms with van der Waals surface area (Å²) in [5.41, 5.74) is 0. The van der Waals surface area contributed by atoms with Crippen LogP contribution in [-0.4, -0.2) is 84.7 Å². The Labute approximate surface area is 164 Å². The third-order valence-electron chi connectivity index (χ3n) is 5.04. The second-order valence-electron chi connectivity index (χ2n) is 7.08. The fourth-order valence-corrected chi connectivity index (χ4v) is 3.43. The second-order valence-corrected chi connectivity index (χ2v) is 7.08. The first-order chi connectivity index (χ1) is 13.7. The number of benzene rings is 1. The molecule has 1 aromatic heterocycles. The number of carbonyl (C=O) groups excluding carboxylic acids is 1. The van der Waals surface area contributed by atoms with Gasteiger partial charge in [0.25, 0.3) is 0 Å². The lowest BCUT2D eigenvalue weighted by Gasteiger charge is -2.35. The van der Waals surface area contributed by atoms with Gasteiger partial charge in [-0.2, -0.15) is 0 Å². The van der Waals surface area contributed by atoms with Gasteiger partial charge in [0.1, 0.15) is 6.61 Å². The van der Waals surface area contributed by atoms with Gasteiger partial charge in [-0.3, -0.25) is 9.69 Å². The second kappa shape index (κ2) is 8.43. The monoisotopic (exact) mass is 383 g/mol. The topological polar surface area (TPSA) is 71.0 Å². The van der Waals surface area contributed by atoms with E-state index in [0.717, 1.165) is 43.6 Å². The quantitative estimate of drug-likeness (QED) is 0.760. The summed E-state index contributed by atoms with van der Waals surface area (Å²) >= 11 is 0. The zero-order valence-electron chi connectivity index (χ0n) is 16.0. The van der Waals surface area contributed by atoms with Crippen LogP contribution in [0.15, 0.2) is 42.7 Å². The number of hydrogen-bond donors (Lipinski definition) is 0. The highest BCUT2D eigenvalue weighted by Crippen LogP contribution is 2.30. The highest BCUT2D eigenvalue weighted by atomic mass is 16.6. The maximum Gasteiger partial charge on any atom is 0.236 e. The molecule has 1 amide bonds. The smallest absolute Gasteiger partial charge is 0.236 e. The van der Waals surface area contributed by atoms with Crippen LogP contribution in [-0.2, 0) is 4.79 Å². The predicted octanol–water partition coefficient (Wildman–Crippen LogP) is 0.897. The molecule has 3 heterocycles. The van der Waals surface area contributed by atoms with Crippen LogP contribution in [0.3, 0.4) is 0 Å². The van der Waals surface area contributed by atoms with E-state index in [4.69, 9.17) is 9.47 Å². The fourth-order valence-electron chi connectivity index (χ4n) is 3.43. The van der Waals surface area contributed by atoms with Crippen LogP contribution in [0, 0.1) is 0 Å². The summed E-state index contributed by atoms with van der Waals surface area (Å²) in [6, 6.07) is 9.43. The molecule has 2 aromatic rings. The molecule has 0 N–H and O–H groups in total. The van der Waals surface area contributed by atoms with Gasteiger partial charge in [-0.25, -0.2) is 9.97 Å². The maximum absolute atomic E-state index is 12.6. The van der Waals surface area contributed by atoms with E-state index in [9.17, 15) is 4.79 Å². The first-order valence-corrected chi connectivity index (χ1v) is 9.56. The maximum atomic E-state index is 12.6. The van der Waals surface area contributed by atoms with Gasteiger partial charge >= 0.3 is 0 Å². The summed E-state index contributed by atoms with van der Waals surface area (Å²) in [6.45, 7) is 4.62. The summed E-state index contributed by atoms with van der Waals surface area (Å²) in [5, 5.41) is 0. The van der Waals surface area contributed by atoms with Crippen LogP contribution in [0.25, 0.3) is 0 Å². The molecule has 0 bridgehead atoms. The molecular formula is C20H25N5O3. The van der Waals surface area contributed by atoms with Gasteiger partial charge in [0.15, 0.2) is 17.6 Å².